The lowest BCUT2D eigenvalue weighted by Crippen LogP contribution is -3.00. The summed E-state index contributed by atoms with van der Waals surface area (Å²) in [6.07, 6.45) is 27.7. The number of halogens is 1. The van der Waals surface area contributed by atoms with Crippen molar-refractivity contribution < 1.29 is 52.6 Å². The standard InChI is InChI=1S/C35H70NO5.HI/c1-5-7-9-11-13-15-17-19-21-23-25-27-34(38)40-32-33(31-36(3,4)29-30-37)41-35(39)28-26-24-22-20-18-16-14-12-10-8-6-2;/h33,37H,5-32H2,1-4H3;1H/q+1;/p-1. The number of aliphatic hydroxyl groups excluding tert-OH is 1. The third kappa shape index (κ3) is 31.0. The zero-order valence-corrected chi connectivity index (χ0v) is 30.4. The molecule has 0 radical (unpaired) electrons. The van der Waals surface area contributed by atoms with E-state index in [9.17, 15) is 14.7 Å². The number of likely N-dealkylation sites (N-methyl/N-ethyl adjacent to an activating group) is 1. The third-order valence-electron chi connectivity index (χ3n) is 8.10. The van der Waals surface area contributed by atoms with Crippen molar-refractivity contribution in [3.63, 3.8) is 0 Å². The Bertz CT molecular complexity index is 602. The number of hydrogen-bond acceptors (Lipinski definition) is 5. The van der Waals surface area contributed by atoms with Gasteiger partial charge in [0.2, 0.25) is 0 Å². The smallest absolute Gasteiger partial charge is 0.306 e. The summed E-state index contributed by atoms with van der Waals surface area (Å²) in [5.74, 6) is -0.420. The first-order valence-corrected chi connectivity index (χ1v) is 17.6. The molecule has 252 valence electrons. The molecule has 0 amide bonds. The molecule has 0 aromatic carbocycles. The zero-order valence-electron chi connectivity index (χ0n) is 28.3. The van der Waals surface area contributed by atoms with Crippen molar-refractivity contribution in [2.75, 3.05) is 40.4 Å². The molecule has 0 rings (SSSR count). The highest BCUT2D eigenvalue weighted by Gasteiger charge is 2.26. The molecule has 0 bridgehead atoms. The fourth-order valence-electron chi connectivity index (χ4n) is 5.41. The van der Waals surface area contributed by atoms with Crippen LogP contribution in [0.15, 0.2) is 0 Å². The van der Waals surface area contributed by atoms with Gasteiger partial charge in [-0.1, -0.05) is 142 Å². The normalized spacial score (nSPS) is 12.1. The highest BCUT2D eigenvalue weighted by Crippen LogP contribution is 2.14. The molecule has 0 aliphatic carbocycles. The molecule has 0 aliphatic heterocycles. The number of quaternary nitrogens is 1. The second-order valence-electron chi connectivity index (χ2n) is 12.9. The van der Waals surface area contributed by atoms with Gasteiger partial charge >= 0.3 is 11.9 Å². The van der Waals surface area contributed by atoms with Gasteiger partial charge in [-0.15, -0.1) is 0 Å². The SMILES string of the molecule is CCCCCCCCCCCCCC(=O)OCC(C[N+](C)(C)CCO)OC(=O)CCCCCCCCCCCCC.[I-]. The summed E-state index contributed by atoms with van der Waals surface area (Å²) in [6, 6.07) is 0. The summed E-state index contributed by atoms with van der Waals surface area (Å²) < 4.78 is 11.8. The summed E-state index contributed by atoms with van der Waals surface area (Å²) in [7, 11) is 3.99. The number of rotatable bonds is 31. The quantitative estimate of drug-likeness (QED) is 0.0419. The number of esters is 2. The maximum Gasteiger partial charge on any atom is 0.306 e. The Labute approximate surface area is 278 Å². The van der Waals surface area contributed by atoms with E-state index >= 15 is 0 Å². The van der Waals surface area contributed by atoms with Crippen LogP contribution in [0.1, 0.15) is 168 Å². The van der Waals surface area contributed by atoms with Crippen LogP contribution in [0, 0.1) is 0 Å². The van der Waals surface area contributed by atoms with Gasteiger partial charge in [-0.25, -0.2) is 0 Å². The fraction of sp³-hybridized carbons (Fsp3) is 0.943. The van der Waals surface area contributed by atoms with Crippen LogP contribution < -0.4 is 24.0 Å². The lowest BCUT2D eigenvalue weighted by molar-refractivity contribution is -0.893. The predicted molar refractivity (Wildman–Crippen MR) is 172 cm³/mol. The molecule has 1 atom stereocenters. The van der Waals surface area contributed by atoms with Crippen LogP contribution in [0.3, 0.4) is 0 Å². The van der Waals surface area contributed by atoms with Gasteiger partial charge in [-0.2, -0.15) is 0 Å². The molecule has 0 aromatic heterocycles. The van der Waals surface area contributed by atoms with Crippen LogP contribution in [0.25, 0.3) is 0 Å². The fourth-order valence-corrected chi connectivity index (χ4v) is 5.41. The molecule has 0 saturated carbocycles. The summed E-state index contributed by atoms with van der Waals surface area (Å²) in [4.78, 5) is 24.9. The zero-order chi connectivity index (χ0) is 30.4. The van der Waals surface area contributed by atoms with E-state index in [0.717, 1.165) is 25.7 Å². The van der Waals surface area contributed by atoms with E-state index in [0.29, 0.717) is 30.4 Å². The second kappa shape index (κ2) is 32.0. The maximum absolute atomic E-state index is 12.6. The molecule has 0 spiro atoms. The molecule has 1 N–H and O–H groups in total. The molecule has 7 heteroatoms. The molecule has 0 heterocycles. The number of carbonyl (C=O) groups is 2. The van der Waals surface area contributed by atoms with Crippen molar-refractivity contribution in [2.45, 2.75) is 174 Å². The number of nitrogens with zero attached hydrogens (tertiary/aromatic N) is 1. The van der Waals surface area contributed by atoms with Gasteiger partial charge in [0, 0.05) is 12.8 Å². The van der Waals surface area contributed by atoms with E-state index in [1.165, 1.54) is 116 Å². The topological polar surface area (TPSA) is 72.8 Å². The summed E-state index contributed by atoms with van der Waals surface area (Å²) in [5, 5.41) is 9.41. The second-order valence-corrected chi connectivity index (χ2v) is 12.9. The molecule has 0 saturated heterocycles. The highest BCUT2D eigenvalue weighted by atomic mass is 127. The molecule has 1 unspecified atom stereocenters. The molecule has 6 nitrogen and oxygen atoms in total. The number of aliphatic hydroxyl groups is 1. The molecule has 0 aliphatic rings. The Morgan fingerprint density at radius 1 is 0.595 bits per heavy atom. The highest BCUT2D eigenvalue weighted by molar-refractivity contribution is 5.70. The minimum atomic E-state index is -0.488. The van der Waals surface area contributed by atoms with Gasteiger partial charge in [0.1, 0.15) is 19.7 Å². The summed E-state index contributed by atoms with van der Waals surface area (Å²) >= 11 is 0. The Morgan fingerprint density at radius 3 is 1.33 bits per heavy atom. The number of hydrogen-bond donors (Lipinski definition) is 1. The lowest BCUT2D eigenvalue weighted by atomic mass is 10.1. The van der Waals surface area contributed by atoms with Crippen molar-refractivity contribution in [1.29, 1.82) is 0 Å². The first-order valence-electron chi connectivity index (χ1n) is 17.6. The first kappa shape index (κ1) is 43.7. The van der Waals surface area contributed by atoms with Crippen LogP contribution in [-0.4, -0.2) is 68.0 Å². The number of unbranched alkanes of at least 4 members (excludes halogenated alkanes) is 20. The van der Waals surface area contributed by atoms with Crippen molar-refractivity contribution in [3.05, 3.63) is 0 Å². The minimum Gasteiger partial charge on any atom is -1.00 e. The number of ether oxygens (including phenoxy) is 2. The largest absolute Gasteiger partial charge is 1.00 e. The van der Waals surface area contributed by atoms with Crippen molar-refractivity contribution in [1.82, 2.24) is 0 Å². The van der Waals surface area contributed by atoms with Crippen molar-refractivity contribution in [3.8, 4) is 0 Å². The third-order valence-corrected chi connectivity index (χ3v) is 8.10. The van der Waals surface area contributed by atoms with E-state index < -0.39 is 6.10 Å². The van der Waals surface area contributed by atoms with Crippen LogP contribution in [0.2, 0.25) is 0 Å². The van der Waals surface area contributed by atoms with E-state index in [2.05, 4.69) is 13.8 Å². The van der Waals surface area contributed by atoms with Crippen LogP contribution in [0.4, 0.5) is 0 Å². The monoisotopic (exact) mass is 711 g/mol. The first-order chi connectivity index (χ1) is 19.8. The summed E-state index contributed by atoms with van der Waals surface area (Å²) in [5.41, 5.74) is 0. The minimum absolute atomic E-state index is 0. The van der Waals surface area contributed by atoms with Gasteiger partial charge in [-0.05, 0) is 12.8 Å². The lowest BCUT2D eigenvalue weighted by Gasteiger charge is -2.32. The molecular formula is C35H70INO5. The maximum atomic E-state index is 12.6. The van der Waals surface area contributed by atoms with Gasteiger partial charge in [0.15, 0.2) is 6.10 Å². The Kier molecular flexibility index (Phi) is 33.3. The van der Waals surface area contributed by atoms with Gasteiger partial charge in [-0.3, -0.25) is 9.59 Å². The van der Waals surface area contributed by atoms with Crippen LogP contribution in [-0.2, 0) is 19.1 Å². The van der Waals surface area contributed by atoms with Crippen LogP contribution in [0.5, 0.6) is 0 Å². The van der Waals surface area contributed by atoms with E-state index in [-0.39, 0.29) is 49.1 Å². The van der Waals surface area contributed by atoms with Crippen LogP contribution >= 0.6 is 0 Å². The van der Waals surface area contributed by atoms with Gasteiger partial charge < -0.3 is 43.0 Å². The average Bonchev–Trinajstić information content (AvgIpc) is 2.93. The van der Waals surface area contributed by atoms with Crippen molar-refractivity contribution in [2.24, 2.45) is 0 Å². The van der Waals surface area contributed by atoms with E-state index in [1.54, 1.807) is 0 Å². The predicted octanol–water partition coefficient (Wildman–Crippen LogP) is 5.92. The molecule has 0 aromatic rings. The van der Waals surface area contributed by atoms with E-state index in [4.69, 9.17) is 9.47 Å². The van der Waals surface area contributed by atoms with Gasteiger partial charge in [0.05, 0.1) is 20.7 Å². The average molecular weight is 712 g/mol. The molecule has 42 heavy (non-hydrogen) atoms. The van der Waals surface area contributed by atoms with E-state index in [1.807, 2.05) is 14.1 Å². The Hall–Kier alpha value is -0.410. The number of carbonyl (C=O) groups excluding carboxylic acids is 2. The molecular weight excluding hydrogens is 641 g/mol. The van der Waals surface area contributed by atoms with Gasteiger partial charge in [0.25, 0.3) is 0 Å². The Balaban J connectivity index is 0. The molecule has 0 fully saturated rings. The summed E-state index contributed by atoms with van der Waals surface area (Å²) in [6.45, 7) is 5.72. The Morgan fingerprint density at radius 2 is 0.952 bits per heavy atom. The van der Waals surface area contributed by atoms with Crippen molar-refractivity contribution >= 4 is 11.9 Å².